The Bertz CT molecular complexity index is 411. The number of hydrogen-bond acceptors (Lipinski definition) is 2. The number of benzene rings is 1. The summed E-state index contributed by atoms with van der Waals surface area (Å²) in [6.45, 7) is 0. The van der Waals surface area contributed by atoms with Crippen LogP contribution < -0.4 is 0 Å². The number of nitro benzene ring substituents is 1. The molecule has 0 aliphatic heterocycles. The largest absolute Gasteiger partial charge is 0.310 e. The summed E-state index contributed by atoms with van der Waals surface area (Å²) < 4.78 is 60.6. The third-order valence-corrected chi connectivity index (χ3v) is 2.66. The molecule has 0 amide bonds. The molecule has 1 aromatic rings. The fourth-order valence-corrected chi connectivity index (χ4v) is 1.48. The Morgan fingerprint density at radius 1 is 1.00 bits per heavy atom. The van der Waals surface area contributed by atoms with Gasteiger partial charge >= 0.3 is 10.2 Å². The molecule has 0 saturated carbocycles. The maximum Gasteiger partial charge on any atom is 0.310 e. The van der Waals surface area contributed by atoms with Gasteiger partial charge in [0.15, 0.2) is 0 Å². The number of halogens is 5. The average Bonchev–Trinajstić information content (AvgIpc) is 2.00. The summed E-state index contributed by atoms with van der Waals surface area (Å²) in [4.78, 5) is 6.95. The molecule has 0 heterocycles. The normalized spacial score (nSPS) is 16.6. The second-order valence-corrected chi connectivity index (χ2v) is 5.13. The Hall–Kier alpha value is -1.38. The van der Waals surface area contributed by atoms with Crippen molar-refractivity contribution in [2.24, 2.45) is 0 Å². The van der Waals surface area contributed by atoms with Crippen molar-refractivity contribution in [3.05, 3.63) is 34.4 Å². The molecule has 0 fully saturated rings. The lowest BCUT2D eigenvalue weighted by molar-refractivity contribution is -0.384. The van der Waals surface area contributed by atoms with Crippen molar-refractivity contribution in [2.45, 2.75) is 4.90 Å². The number of non-ortho nitro benzene ring substituents is 1. The van der Waals surface area contributed by atoms with E-state index < -0.39 is 25.7 Å². The number of hydrogen-bond donors (Lipinski definition) is 0. The van der Waals surface area contributed by atoms with Crippen molar-refractivity contribution >= 4 is 15.9 Å². The van der Waals surface area contributed by atoms with Gasteiger partial charge in [-0.25, -0.2) is 0 Å². The quantitative estimate of drug-likeness (QED) is 0.446. The first-order chi connectivity index (χ1) is 6.40. The monoisotopic (exact) mass is 249 g/mol. The molecule has 3 nitrogen and oxygen atoms in total. The third kappa shape index (κ3) is 2.78. The highest BCUT2D eigenvalue weighted by molar-refractivity contribution is 8.45. The van der Waals surface area contributed by atoms with Crippen LogP contribution >= 0.6 is 10.2 Å². The lowest BCUT2D eigenvalue weighted by atomic mass is 10.3. The van der Waals surface area contributed by atoms with Crippen LogP contribution in [-0.2, 0) is 0 Å². The van der Waals surface area contributed by atoms with E-state index in [2.05, 4.69) is 0 Å². The van der Waals surface area contributed by atoms with Crippen LogP contribution in [0.3, 0.4) is 0 Å². The first-order valence-electron chi connectivity index (χ1n) is 3.39. The molecule has 15 heavy (non-hydrogen) atoms. The maximum atomic E-state index is 12.1. The number of nitrogens with zero attached hydrogens (tertiary/aromatic N) is 1. The van der Waals surface area contributed by atoms with E-state index in [4.69, 9.17) is 0 Å². The van der Waals surface area contributed by atoms with Crippen molar-refractivity contribution in [1.29, 1.82) is 0 Å². The zero-order valence-electron chi connectivity index (χ0n) is 6.87. The summed E-state index contributed by atoms with van der Waals surface area (Å²) in [5, 5.41) is 10.1. The van der Waals surface area contributed by atoms with Crippen molar-refractivity contribution < 1.29 is 24.4 Å². The van der Waals surface area contributed by atoms with Crippen LogP contribution in [0.2, 0.25) is 0 Å². The minimum Gasteiger partial charge on any atom is -0.258 e. The molecule has 0 atom stereocenters. The summed E-state index contributed by atoms with van der Waals surface area (Å²) in [6.07, 6.45) is 0. The van der Waals surface area contributed by atoms with Gasteiger partial charge in [0.2, 0.25) is 0 Å². The second-order valence-electron chi connectivity index (χ2n) is 2.72. The van der Waals surface area contributed by atoms with Gasteiger partial charge < -0.3 is 0 Å². The molecule has 0 saturated heterocycles. The summed E-state index contributed by atoms with van der Waals surface area (Å²) >= 11 is 0. The lowest BCUT2D eigenvalue weighted by Gasteiger charge is -2.40. The molecule has 1 rings (SSSR count). The zero-order chi connectivity index (χ0) is 12.0. The Morgan fingerprint density at radius 3 is 1.67 bits per heavy atom. The Balaban J connectivity index is 3.29. The van der Waals surface area contributed by atoms with E-state index in [1.807, 2.05) is 0 Å². The molecule has 0 radical (unpaired) electrons. The van der Waals surface area contributed by atoms with Gasteiger partial charge in [-0.2, -0.15) is 0 Å². The van der Waals surface area contributed by atoms with Crippen LogP contribution in [0.4, 0.5) is 25.1 Å². The highest BCUT2D eigenvalue weighted by atomic mass is 32.5. The summed E-state index contributed by atoms with van der Waals surface area (Å²) in [5.41, 5.74) is -0.680. The van der Waals surface area contributed by atoms with Crippen LogP contribution in [0, 0.1) is 10.1 Å². The Kier molecular flexibility index (Phi) is 1.87. The van der Waals surface area contributed by atoms with E-state index in [0.29, 0.717) is 12.1 Å². The first kappa shape index (κ1) is 11.7. The zero-order valence-corrected chi connectivity index (χ0v) is 7.69. The van der Waals surface area contributed by atoms with Crippen LogP contribution in [-0.4, -0.2) is 4.92 Å². The van der Waals surface area contributed by atoms with Gasteiger partial charge in [-0.05, 0) is 12.1 Å². The van der Waals surface area contributed by atoms with Crippen LogP contribution in [0.15, 0.2) is 29.2 Å². The van der Waals surface area contributed by atoms with E-state index in [-0.39, 0.29) is 12.1 Å². The maximum absolute atomic E-state index is 12.1. The van der Waals surface area contributed by atoms with Crippen LogP contribution in [0.5, 0.6) is 0 Å². The molecule has 0 bridgehead atoms. The van der Waals surface area contributed by atoms with Gasteiger partial charge in [0.1, 0.15) is 4.90 Å². The predicted molar refractivity (Wildman–Crippen MR) is 44.5 cm³/mol. The molecule has 0 aliphatic rings. The van der Waals surface area contributed by atoms with Crippen LogP contribution in [0.1, 0.15) is 0 Å². The molecule has 9 heteroatoms. The molecule has 0 aromatic heterocycles. The smallest absolute Gasteiger partial charge is 0.258 e. The highest BCUT2D eigenvalue weighted by Crippen LogP contribution is 3.02. The van der Waals surface area contributed by atoms with Gasteiger partial charge in [-0.15, -0.1) is 0 Å². The minimum absolute atomic E-state index is 0.000309. The van der Waals surface area contributed by atoms with Gasteiger partial charge in [-0.3, -0.25) is 10.1 Å². The second kappa shape index (κ2) is 2.40. The Morgan fingerprint density at radius 2 is 1.40 bits per heavy atom. The summed E-state index contributed by atoms with van der Waals surface area (Å²) in [6, 6.07) is 0.764. The molecule has 1 aromatic carbocycles. The van der Waals surface area contributed by atoms with Crippen molar-refractivity contribution in [3.63, 3.8) is 0 Å². The van der Waals surface area contributed by atoms with Gasteiger partial charge in [-0.1, -0.05) is 19.4 Å². The van der Waals surface area contributed by atoms with Gasteiger partial charge in [0, 0.05) is 12.1 Å². The fraction of sp³-hybridized carbons (Fsp3) is 0. The van der Waals surface area contributed by atoms with E-state index >= 15 is 0 Å². The SMILES string of the molecule is O=[N+]([O-])c1ccc(S(F)(F)(F)(F)F)cc1. The average molecular weight is 249 g/mol. The lowest BCUT2D eigenvalue weighted by Crippen LogP contribution is -2.05. The number of nitro groups is 1. The molecular formula is C6H4F5NO2S. The predicted octanol–water partition coefficient (Wildman–Crippen LogP) is 4.25. The topological polar surface area (TPSA) is 43.1 Å². The van der Waals surface area contributed by atoms with Gasteiger partial charge in [0.05, 0.1) is 4.92 Å². The van der Waals surface area contributed by atoms with Crippen LogP contribution in [0.25, 0.3) is 0 Å². The summed E-state index contributed by atoms with van der Waals surface area (Å²) in [7, 11) is -9.71. The molecule has 86 valence electrons. The molecular weight excluding hydrogens is 245 g/mol. The Labute approximate surface area is 80.4 Å². The molecule has 0 spiro atoms. The van der Waals surface area contributed by atoms with E-state index in [1.165, 1.54) is 0 Å². The first-order valence-corrected chi connectivity index (χ1v) is 5.34. The van der Waals surface area contributed by atoms with E-state index in [9.17, 15) is 29.5 Å². The molecule has 0 N–H and O–H groups in total. The highest BCUT2D eigenvalue weighted by Gasteiger charge is 2.65. The van der Waals surface area contributed by atoms with Gasteiger partial charge in [0.25, 0.3) is 5.69 Å². The summed E-state index contributed by atoms with van der Waals surface area (Å²) in [5.74, 6) is 0. The van der Waals surface area contributed by atoms with Crippen molar-refractivity contribution in [2.75, 3.05) is 0 Å². The molecule has 0 unspecified atom stereocenters. The van der Waals surface area contributed by atoms with Crippen molar-refractivity contribution in [1.82, 2.24) is 0 Å². The standard InChI is InChI=1S/C6H4F5NO2S/c7-15(8,9,10,11)6-3-1-5(2-4-6)12(13)14/h1-4H. The molecule has 0 aliphatic carbocycles. The fourth-order valence-electron chi connectivity index (χ4n) is 0.825. The number of rotatable bonds is 2. The van der Waals surface area contributed by atoms with E-state index in [1.54, 1.807) is 0 Å². The minimum atomic E-state index is -9.71. The van der Waals surface area contributed by atoms with Crippen molar-refractivity contribution in [3.8, 4) is 0 Å². The third-order valence-electron chi connectivity index (χ3n) is 1.49. The van der Waals surface area contributed by atoms with E-state index in [0.717, 1.165) is 0 Å².